The Hall–Kier alpha value is -2.52. The predicted molar refractivity (Wildman–Crippen MR) is 124 cm³/mol. The minimum absolute atomic E-state index is 0.00817. The molecule has 1 amide bonds. The van der Waals surface area contributed by atoms with Gasteiger partial charge in [-0.05, 0) is 51.2 Å². The van der Waals surface area contributed by atoms with Crippen LogP contribution in [0.5, 0.6) is 0 Å². The van der Waals surface area contributed by atoms with Crippen molar-refractivity contribution >= 4 is 35.2 Å². The highest BCUT2D eigenvalue weighted by molar-refractivity contribution is 6.29. The number of rotatable bonds is 10. The van der Waals surface area contributed by atoms with Gasteiger partial charge < -0.3 is 16.2 Å². The number of hydrogen-bond acceptors (Lipinski definition) is 6. The highest BCUT2D eigenvalue weighted by atomic mass is 35.5. The summed E-state index contributed by atoms with van der Waals surface area (Å²) in [5, 5.41) is 11.8. The molecular weight excluding hydrogens is 455 g/mol. The van der Waals surface area contributed by atoms with Crippen LogP contribution in [-0.2, 0) is 24.1 Å². The number of nitrogens with one attached hydrogen (secondary N) is 1. The van der Waals surface area contributed by atoms with Crippen LogP contribution >= 0.6 is 11.6 Å². The molecule has 1 aliphatic rings. The van der Waals surface area contributed by atoms with E-state index in [9.17, 15) is 23.7 Å². The van der Waals surface area contributed by atoms with Crippen LogP contribution in [-0.4, -0.2) is 40.8 Å². The van der Waals surface area contributed by atoms with Crippen LogP contribution in [0.4, 0.5) is 4.53 Å². The molecule has 10 heteroatoms. The third-order valence-corrected chi connectivity index (χ3v) is 5.19. The maximum absolute atomic E-state index is 12.7. The summed E-state index contributed by atoms with van der Waals surface area (Å²) in [7, 11) is 0. The van der Waals surface area contributed by atoms with Crippen molar-refractivity contribution in [1.29, 1.82) is 0 Å². The zero-order chi connectivity index (χ0) is 25.8. The number of carbonyl (C=O) groups excluding carboxylic acids is 3. The second kappa shape index (κ2) is 14.6. The molecule has 186 valence electrons. The Morgan fingerprint density at radius 1 is 1.27 bits per heavy atom. The number of amides is 1. The number of ketones is 1. The summed E-state index contributed by atoms with van der Waals surface area (Å²) in [6, 6.07) is -1.57. The Labute approximate surface area is 199 Å². The predicted octanol–water partition coefficient (Wildman–Crippen LogP) is 3.75. The molecule has 0 radical (unpaired) electrons. The topological polar surface area (TPSA) is 136 Å². The maximum atomic E-state index is 12.7. The first kappa shape index (κ1) is 30.5. The van der Waals surface area contributed by atoms with Crippen LogP contribution in [0.3, 0.4) is 0 Å². The molecule has 0 saturated carbocycles. The van der Waals surface area contributed by atoms with Crippen molar-refractivity contribution < 1.29 is 33.8 Å². The van der Waals surface area contributed by atoms with Gasteiger partial charge in [0.2, 0.25) is 5.91 Å². The summed E-state index contributed by atoms with van der Waals surface area (Å²) in [6.07, 6.45) is 8.43. The first-order chi connectivity index (χ1) is 15.2. The molecule has 2 atom stereocenters. The molecule has 4 N–H and O–H groups in total. The summed E-state index contributed by atoms with van der Waals surface area (Å²) >= 11 is 6.02. The first-order valence-electron chi connectivity index (χ1n) is 10.6. The Morgan fingerprint density at radius 2 is 1.88 bits per heavy atom. The Kier molecular flexibility index (Phi) is 13.5. The molecule has 0 saturated heterocycles. The number of aliphatic carboxylic acids is 1. The highest BCUT2D eigenvalue weighted by Gasteiger charge is 2.33. The molecule has 1 rings (SSSR count). The smallest absolute Gasteiger partial charge is 0.348 e. The van der Waals surface area contributed by atoms with Gasteiger partial charge in [0.05, 0.1) is 17.9 Å². The maximum Gasteiger partial charge on any atom is 0.348 e. The molecule has 8 nitrogen and oxygen atoms in total. The van der Waals surface area contributed by atoms with E-state index in [2.05, 4.69) is 10.3 Å². The number of carboxylic acids is 1. The molecule has 0 spiro atoms. The van der Waals surface area contributed by atoms with Gasteiger partial charge in [-0.3, -0.25) is 19.3 Å². The van der Waals surface area contributed by atoms with Crippen LogP contribution in [0.15, 0.2) is 34.9 Å². The zero-order valence-corrected chi connectivity index (χ0v) is 20.4. The van der Waals surface area contributed by atoms with Crippen LogP contribution < -0.4 is 11.1 Å². The fourth-order valence-electron chi connectivity index (χ4n) is 2.72. The Balaban J connectivity index is 0.000000785. The van der Waals surface area contributed by atoms with Gasteiger partial charge in [0, 0.05) is 16.0 Å². The molecule has 1 aliphatic carbocycles. The largest absolute Gasteiger partial charge is 0.480 e. The van der Waals surface area contributed by atoms with Gasteiger partial charge in [-0.1, -0.05) is 43.7 Å². The molecule has 0 unspecified atom stereocenters. The Morgan fingerprint density at radius 3 is 2.36 bits per heavy atom. The minimum atomic E-state index is -1.23. The Bertz CT molecular complexity index is 805. The number of carboxylic acid groups (broad SMARTS) is 1. The molecule has 0 aromatic rings. The second-order valence-electron chi connectivity index (χ2n) is 8.67. The van der Waals surface area contributed by atoms with Crippen LogP contribution in [0.1, 0.15) is 60.3 Å². The molecule has 0 aromatic carbocycles. The van der Waals surface area contributed by atoms with Crippen molar-refractivity contribution in [3.8, 4) is 0 Å². The van der Waals surface area contributed by atoms with E-state index in [0.717, 1.165) is 10.6 Å². The molecule has 0 heterocycles. The number of halogens is 2. The number of nitrogens with two attached hydrogens (primary N) is 1. The van der Waals surface area contributed by atoms with Gasteiger partial charge in [0.25, 0.3) is 0 Å². The van der Waals surface area contributed by atoms with Gasteiger partial charge >= 0.3 is 11.9 Å². The van der Waals surface area contributed by atoms with E-state index in [1.807, 2.05) is 52.0 Å². The van der Waals surface area contributed by atoms with E-state index in [0.29, 0.717) is 18.8 Å². The van der Waals surface area contributed by atoms with Crippen LogP contribution in [0.25, 0.3) is 0 Å². The van der Waals surface area contributed by atoms with Crippen LogP contribution in [0.2, 0.25) is 0 Å². The number of Topliss-reactive ketones (excluding diaryl/α,β-unsaturated/α-hetero) is 1. The number of carbonyl (C=O) groups is 4. The van der Waals surface area contributed by atoms with E-state index in [1.165, 1.54) is 6.92 Å². The molecular formula is C23H34ClFN2O6. The van der Waals surface area contributed by atoms with Gasteiger partial charge in [0.15, 0.2) is 5.78 Å². The lowest BCUT2D eigenvalue weighted by molar-refractivity contribution is -0.183. The molecule has 33 heavy (non-hydrogen) atoms. The highest BCUT2D eigenvalue weighted by Crippen LogP contribution is 2.30. The van der Waals surface area contributed by atoms with E-state index in [-0.39, 0.29) is 24.5 Å². The zero-order valence-electron chi connectivity index (χ0n) is 19.7. The lowest BCUT2D eigenvalue weighted by atomic mass is 9.82. The fraction of sp³-hybridized carbons (Fsp3) is 0.565. The quantitative estimate of drug-likeness (QED) is 0.426. The third-order valence-electron chi connectivity index (χ3n) is 4.91. The molecule has 0 aromatic heterocycles. The lowest BCUT2D eigenvalue weighted by Gasteiger charge is -2.28. The fourth-order valence-corrected chi connectivity index (χ4v) is 2.87. The lowest BCUT2D eigenvalue weighted by Crippen LogP contribution is -2.47. The summed E-state index contributed by atoms with van der Waals surface area (Å²) in [5.41, 5.74) is 5.15. The number of allylic oxidation sites excluding steroid dienone is 5. The SMILES string of the molecule is CC(=O)[C@H](CC(C)C)NC(=O)C(C)(C)C1=CC=C(Cl)CC=C1.N[C@H](CCC(=O)OF)C(=O)O. The summed E-state index contributed by atoms with van der Waals surface area (Å²) < 4.78 is 11.0. The second-order valence-corrected chi connectivity index (χ2v) is 9.15. The van der Waals surface area contributed by atoms with Gasteiger partial charge in [-0.2, -0.15) is 0 Å². The van der Waals surface area contributed by atoms with E-state index in [1.54, 1.807) is 0 Å². The minimum Gasteiger partial charge on any atom is -0.480 e. The van der Waals surface area contributed by atoms with E-state index in [4.69, 9.17) is 22.4 Å². The third kappa shape index (κ3) is 11.8. The van der Waals surface area contributed by atoms with Gasteiger partial charge in [-0.15, -0.1) is 0 Å². The van der Waals surface area contributed by atoms with Crippen molar-refractivity contribution in [2.45, 2.75) is 72.4 Å². The van der Waals surface area contributed by atoms with Crippen molar-refractivity contribution in [3.05, 3.63) is 34.9 Å². The van der Waals surface area contributed by atoms with Crippen molar-refractivity contribution in [1.82, 2.24) is 5.32 Å². The average molecular weight is 489 g/mol. The van der Waals surface area contributed by atoms with E-state index >= 15 is 0 Å². The number of hydrogen-bond donors (Lipinski definition) is 3. The van der Waals surface area contributed by atoms with Gasteiger partial charge in [-0.25, -0.2) is 4.79 Å². The first-order valence-corrected chi connectivity index (χ1v) is 10.9. The van der Waals surface area contributed by atoms with E-state index < -0.39 is 29.4 Å². The summed E-state index contributed by atoms with van der Waals surface area (Å²) in [5.74, 6) is -2.14. The summed E-state index contributed by atoms with van der Waals surface area (Å²) in [6.45, 7) is 9.32. The van der Waals surface area contributed by atoms with Crippen molar-refractivity contribution in [2.24, 2.45) is 17.1 Å². The molecule has 0 fully saturated rings. The van der Waals surface area contributed by atoms with Gasteiger partial charge in [0.1, 0.15) is 6.04 Å². The molecule has 0 aliphatic heterocycles. The van der Waals surface area contributed by atoms with Crippen molar-refractivity contribution in [2.75, 3.05) is 0 Å². The van der Waals surface area contributed by atoms with Crippen molar-refractivity contribution in [3.63, 3.8) is 0 Å². The monoisotopic (exact) mass is 488 g/mol. The standard InChI is InChI=1S/C18H26ClNO2.C5H8FNO4/c1-12(2)11-16(13(3)21)20-17(22)18(4,5)14-7-6-8-15(19)10-9-14;6-11-4(8)2-1-3(7)5(9)10/h6-7,9-10,12,16H,8,11H2,1-5H3,(H,20,22);3H,1-2,7H2,(H,9,10)/t16-;3-/m01/s1. The summed E-state index contributed by atoms with van der Waals surface area (Å²) in [4.78, 5) is 47.3. The normalized spacial score (nSPS) is 15.2. The van der Waals surface area contributed by atoms with Crippen LogP contribution in [0, 0.1) is 11.3 Å². The molecule has 0 bridgehead atoms. The average Bonchev–Trinajstić information content (AvgIpc) is 2.95.